The Bertz CT molecular complexity index is 1880. The molecule has 0 saturated carbocycles. The van der Waals surface area contributed by atoms with Gasteiger partial charge in [0, 0.05) is 5.41 Å². The average molecular weight is 487 g/mol. The Morgan fingerprint density at radius 2 is 1.21 bits per heavy atom. The molecule has 0 amide bonds. The van der Waals surface area contributed by atoms with Crippen LogP contribution in [0.1, 0.15) is 41.7 Å². The van der Waals surface area contributed by atoms with Crippen molar-refractivity contribution in [2.24, 2.45) is 0 Å². The molecule has 0 heterocycles. The van der Waals surface area contributed by atoms with E-state index in [1.807, 2.05) is 0 Å². The Hall–Kier alpha value is -4.42. The topological polar surface area (TPSA) is 0 Å². The fourth-order valence-corrected chi connectivity index (χ4v) is 6.44. The normalized spacial score (nSPS) is 13.8. The zero-order valence-corrected chi connectivity index (χ0v) is 22.1. The smallest absolute Gasteiger partial charge is 0.0158 e. The molecule has 0 atom stereocenters. The highest BCUT2D eigenvalue weighted by molar-refractivity contribution is 6.18. The van der Waals surface area contributed by atoms with Crippen LogP contribution in [0.4, 0.5) is 0 Å². The molecule has 0 bridgehead atoms. The molecular formula is C38H30. The molecule has 38 heavy (non-hydrogen) atoms. The lowest BCUT2D eigenvalue weighted by atomic mass is 9.81. The molecular weight excluding hydrogens is 456 g/mol. The maximum atomic E-state index is 2.44. The van der Waals surface area contributed by atoms with Crippen molar-refractivity contribution in [3.63, 3.8) is 0 Å². The highest BCUT2D eigenvalue weighted by atomic mass is 14.4. The first-order valence-electron chi connectivity index (χ1n) is 13.5. The lowest BCUT2D eigenvalue weighted by molar-refractivity contribution is 0.660. The van der Waals surface area contributed by atoms with Crippen molar-refractivity contribution in [1.82, 2.24) is 0 Å². The standard InChI is InChI=1S/C38H30/c1-25-17-20-30-29(21-18-26-11-5-4-6-12-26)28-13-7-8-15-32(28)37(34(30)23-25)27-19-22-36-33(24-27)31-14-9-10-16-35(31)38(36,2)3/h4-24H,1-3H3. The van der Waals surface area contributed by atoms with Crippen LogP contribution in [0.5, 0.6) is 0 Å². The zero-order chi connectivity index (χ0) is 25.9. The third kappa shape index (κ3) is 3.45. The van der Waals surface area contributed by atoms with E-state index in [4.69, 9.17) is 0 Å². The highest BCUT2D eigenvalue weighted by Crippen LogP contribution is 2.50. The predicted octanol–water partition coefficient (Wildman–Crippen LogP) is 10.4. The van der Waals surface area contributed by atoms with E-state index < -0.39 is 0 Å². The summed E-state index contributed by atoms with van der Waals surface area (Å²) in [6.45, 7) is 6.89. The van der Waals surface area contributed by atoms with Crippen molar-refractivity contribution in [3.05, 3.63) is 143 Å². The highest BCUT2D eigenvalue weighted by Gasteiger charge is 2.35. The van der Waals surface area contributed by atoms with Gasteiger partial charge in [-0.3, -0.25) is 0 Å². The summed E-state index contributed by atoms with van der Waals surface area (Å²) in [5.74, 6) is 0. The zero-order valence-electron chi connectivity index (χ0n) is 22.1. The molecule has 182 valence electrons. The largest absolute Gasteiger partial charge is 0.0622 e. The third-order valence-corrected chi connectivity index (χ3v) is 8.34. The molecule has 0 spiro atoms. The number of rotatable bonds is 3. The number of aryl methyl sites for hydroxylation is 1. The Kier molecular flexibility index (Phi) is 5.13. The maximum Gasteiger partial charge on any atom is 0.0158 e. The van der Waals surface area contributed by atoms with Crippen LogP contribution in [0, 0.1) is 6.92 Å². The molecule has 0 saturated heterocycles. The minimum Gasteiger partial charge on any atom is -0.0622 e. The van der Waals surface area contributed by atoms with Crippen molar-refractivity contribution in [2.45, 2.75) is 26.2 Å². The molecule has 0 heteroatoms. The first kappa shape index (κ1) is 22.8. The van der Waals surface area contributed by atoms with Gasteiger partial charge >= 0.3 is 0 Å². The molecule has 0 unspecified atom stereocenters. The fourth-order valence-electron chi connectivity index (χ4n) is 6.44. The van der Waals surface area contributed by atoms with Gasteiger partial charge in [0.05, 0.1) is 0 Å². The minimum absolute atomic E-state index is 0.0112. The van der Waals surface area contributed by atoms with Gasteiger partial charge in [-0.2, -0.15) is 0 Å². The van der Waals surface area contributed by atoms with Crippen LogP contribution in [-0.2, 0) is 5.41 Å². The van der Waals surface area contributed by atoms with Crippen molar-refractivity contribution < 1.29 is 0 Å². The van der Waals surface area contributed by atoms with Gasteiger partial charge in [0.15, 0.2) is 0 Å². The first-order valence-corrected chi connectivity index (χ1v) is 13.5. The van der Waals surface area contributed by atoms with Gasteiger partial charge < -0.3 is 0 Å². The molecule has 7 rings (SSSR count). The van der Waals surface area contributed by atoms with Crippen molar-refractivity contribution >= 4 is 33.7 Å². The summed E-state index contributed by atoms with van der Waals surface area (Å²) in [6, 6.07) is 42.4. The van der Waals surface area contributed by atoms with Crippen LogP contribution in [0.3, 0.4) is 0 Å². The van der Waals surface area contributed by atoms with Crippen molar-refractivity contribution in [2.75, 3.05) is 0 Å². The first-order chi connectivity index (χ1) is 18.5. The SMILES string of the molecule is Cc1ccc2c(C=Cc3ccccc3)c3ccccc3c(-c3ccc4c(c3)-c3ccccc3C4(C)C)c2c1. The van der Waals surface area contributed by atoms with E-state index in [1.54, 1.807) is 0 Å². The molecule has 6 aromatic rings. The second-order valence-electron chi connectivity index (χ2n) is 11.1. The molecule has 0 radical (unpaired) electrons. The van der Waals surface area contributed by atoms with Gasteiger partial charge in [-0.1, -0.05) is 141 Å². The summed E-state index contributed by atoms with van der Waals surface area (Å²) >= 11 is 0. The second kappa shape index (κ2) is 8.57. The maximum absolute atomic E-state index is 2.44. The molecule has 0 fully saturated rings. The molecule has 1 aliphatic carbocycles. The van der Waals surface area contributed by atoms with E-state index in [0.29, 0.717) is 0 Å². The van der Waals surface area contributed by atoms with Gasteiger partial charge in [0.1, 0.15) is 0 Å². The Morgan fingerprint density at radius 1 is 0.526 bits per heavy atom. The van der Waals surface area contributed by atoms with Crippen LogP contribution in [-0.4, -0.2) is 0 Å². The summed E-state index contributed by atoms with van der Waals surface area (Å²) in [6.07, 6.45) is 4.52. The van der Waals surface area contributed by atoms with Crippen molar-refractivity contribution in [3.8, 4) is 22.3 Å². The van der Waals surface area contributed by atoms with E-state index in [-0.39, 0.29) is 5.41 Å². The van der Waals surface area contributed by atoms with E-state index in [2.05, 4.69) is 148 Å². The van der Waals surface area contributed by atoms with Crippen LogP contribution in [0.25, 0.3) is 56.0 Å². The number of hydrogen-bond donors (Lipinski definition) is 0. The Balaban J connectivity index is 1.53. The van der Waals surface area contributed by atoms with Crippen LogP contribution >= 0.6 is 0 Å². The van der Waals surface area contributed by atoms with Crippen LogP contribution in [0.15, 0.2) is 115 Å². The fraction of sp³-hybridized carbons (Fsp3) is 0.105. The number of benzene rings is 6. The number of fused-ring (bicyclic) bond motifs is 5. The summed E-state index contributed by atoms with van der Waals surface area (Å²) in [4.78, 5) is 0. The Morgan fingerprint density at radius 3 is 2.05 bits per heavy atom. The van der Waals surface area contributed by atoms with Gasteiger partial charge in [0.2, 0.25) is 0 Å². The van der Waals surface area contributed by atoms with Gasteiger partial charge in [-0.15, -0.1) is 0 Å². The van der Waals surface area contributed by atoms with E-state index in [1.165, 1.54) is 71.6 Å². The summed E-state index contributed by atoms with van der Waals surface area (Å²) in [7, 11) is 0. The quantitative estimate of drug-likeness (QED) is 0.172. The van der Waals surface area contributed by atoms with Crippen molar-refractivity contribution in [1.29, 1.82) is 0 Å². The summed E-state index contributed by atoms with van der Waals surface area (Å²) < 4.78 is 0. The minimum atomic E-state index is 0.0112. The Labute approximate surface area is 224 Å². The number of hydrogen-bond acceptors (Lipinski definition) is 0. The molecule has 6 aromatic carbocycles. The summed E-state index contributed by atoms with van der Waals surface area (Å²) in [5.41, 5.74) is 11.9. The van der Waals surface area contributed by atoms with Gasteiger partial charge in [-0.25, -0.2) is 0 Å². The van der Waals surface area contributed by atoms with E-state index in [0.717, 1.165) is 0 Å². The summed E-state index contributed by atoms with van der Waals surface area (Å²) in [5, 5.41) is 5.18. The lowest BCUT2D eigenvalue weighted by Crippen LogP contribution is -2.14. The molecule has 1 aliphatic rings. The monoisotopic (exact) mass is 486 g/mol. The van der Waals surface area contributed by atoms with E-state index in [9.17, 15) is 0 Å². The van der Waals surface area contributed by atoms with Gasteiger partial charge in [0.25, 0.3) is 0 Å². The molecule has 0 N–H and O–H groups in total. The lowest BCUT2D eigenvalue weighted by Gasteiger charge is -2.22. The van der Waals surface area contributed by atoms with Crippen LogP contribution < -0.4 is 0 Å². The third-order valence-electron chi connectivity index (χ3n) is 8.34. The second-order valence-corrected chi connectivity index (χ2v) is 11.1. The van der Waals surface area contributed by atoms with E-state index >= 15 is 0 Å². The predicted molar refractivity (Wildman–Crippen MR) is 165 cm³/mol. The molecule has 0 nitrogen and oxygen atoms in total. The molecule has 0 aliphatic heterocycles. The molecule has 0 aromatic heterocycles. The average Bonchev–Trinajstić information content (AvgIpc) is 3.17. The van der Waals surface area contributed by atoms with Crippen LogP contribution in [0.2, 0.25) is 0 Å². The van der Waals surface area contributed by atoms with Gasteiger partial charge in [-0.05, 0) is 79.0 Å².